The first-order valence-corrected chi connectivity index (χ1v) is 8.12. The molecule has 1 unspecified atom stereocenters. The number of fused-ring (bicyclic) bond motifs is 1. The van der Waals surface area contributed by atoms with E-state index in [0.29, 0.717) is 30.2 Å². The Labute approximate surface area is 146 Å². The topological polar surface area (TPSA) is 73.7 Å². The van der Waals surface area contributed by atoms with Gasteiger partial charge in [-0.05, 0) is 39.0 Å². The second kappa shape index (κ2) is 6.58. The van der Waals surface area contributed by atoms with E-state index < -0.39 is 12.0 Å². The van der Waals surface area contributed by atoms with E-state index in [1.807, 2.05) is 26.8 Å². The van der Waals surface area contributed by atoms with Crippen molar-refractivity contribution in [2.75, 3.05) is 25.2 Å². The predicted octanol–water partition coefficient (Wildman–Crippen LogP) is 2.27. The van der Waals surface area contributed by atoms with Gasteiger partial charge < -0.3 is 14.4 Å². The fourth-order valence-electron chi connectivity index (χ4n) is 3.12. The lowest BCUT2D eigenvalue weighted by Gasteiger charge is -2.32. The number of ether oxygens (including phenoxy) is 2. The Morgan fingerprint density at radius 1 is 1.32 bits per heavy atom. The summed E-state index contributed by atoms with van der Waals surface area (Å²) in [5.41, 5.74) is 2.69. The Kier molecular flexibility index (Phi) is 4.48. The third-order valence-electron chi connectivity index (χ3n) is 4.29. The first kappa shape index (κ1) is 17.0. The number of methoxy groups -OCH3 is 1. The predicted molar refractivity (Wildman–Crippen MR) is 92.0 cm³/mol. The Bertz CT molecular complexity index is 828. The number of benzene rings is 1. The molecule has 0 fully saturated rings. The van der Waals surface area contributed by atoms with Gasteiger partial charge in [-0.15, -0.1) is 0 Å². The van der Waals surface area contributed by atoms with Crippen LogP contribution in [0.5, 0.6) is 5.75 Å². The fourth-order valence-corrected chi connectivity index (χ4v) is 3.12. The van der Waals surface area contributed by atoms with Crippen molar-refractivity contribution in [3.63, 3.8) is 0 Å². The van der Waals surface area contributed by atoms with Crippen molar-refractivity contribution in [2.24, 2.45) is 0 Å². The van der Waals surface area contributed by atoms with Gasteiger partial charge in [-0.25, -0.2) is 4.79 Å². The van der Waals surface area contributed by atoms with E-state index in [2.05, 4.69) is 5.10 Å². The summed E-state index contributed by atoms with van der Waals surface area (Å²) in [6, 6.07) is 6.59. The number of aromatic nitrogens is 2. The molecule has 132 valence electrons. The lowest BCUT2D eigenvalue weighted by molar-refractivity contribution is -0.121. The number of rotatable bonds is 3. The van der Waals surface area contributed by atoms with Crippen LogP contribution in [0, 0.1) is 13.8 Å². The van der Waals surface area contributed by atoms with E-state index in [9.17, 15) is 9.59 Å². The van der Waals surface area contributed by atoms with Crippen molar-refractivity contribution < 1.29 is 19.1 Å². The minimum absolute atomic E-state index is 0.0993. The second-order valence-electron chi connectivity index (χ2n) is 6.03. The number of hydrogen-bond donors (Lipinski definition) is 0. The van der Waals surface area contributed by atoms with E-state index >= 15 is 0 Å². The summed E-state index contributed by atoms with van der Waals surface area (Å²) in [6.45, 7) is 6.37. The zero-order valence-electron chi connectivity index (χ0n) is 14.8. The third kappa shape index (κ3) is 2.97. The third-order valence-corrected chi connectivity index (χ3v) is 4.29. The Morgan fingerprint density at radius 3 is 2.72 bits per heavy atom. The molecular weight excluding hydrogens is 322 g/mol. The summed E-state index contributed by atoms with van der Waals surface area (Å²) >= 11 is 0. The highest BCUT2D eigenvalue weighted by Crippen LogP contribution is 2.36. The number of hydrogen-bond acceptors (Lipinski definition) is 5. The smallest absolute Gasteiger partial charge is 0.341 e. The van der Waals surface area contributed by atoms with Gasteiger partial charge in [0, 0.05) is 5.69 Å². The summed E-state index contributed by atoms with van der Waals surface area (Å²) in [6.07, 6.45) is 0. The average Bonchev–Trinajstić information content (AvgIpc) is 2.96. The van der Waals surface area contributed by atoms with Crippen LogP contribution in [-0.2, 0) is 9.53 Å². The van der Waals surface area contributed by atoms with Crippen molar-refractivity contribution in [3.05, 3.63) is 41.2 Å². The molecule has 0 saturated heterocycles. The zero-order valence-corrected chi connectivity index (χ0v) is 14.8. The largest absolute Gasteiger partial charge is 0.489 e. The highest BCUT2D eigenvalue weighted by molar-refractivity contribution is 6.01. The van der Waals surface area contributed by atoms with Gasteiger partial charge in [0.2, 0.25) is 0 Å². The van der Waals surface area contributed by atoms with Crippen LogP contribution in [0.25, 0.3) is 0 Å². The van der Waals surface area contributed by atoms with E-state index in [1.165, 1.54) is 7.11 Å². The number of anilines is 1. The molecule has 0 aliphatic carbocycles. The molecule has 0 bridgehead atoms. The molecule has 0 saturated carbocycles. The van der Waals surface area contributed by atoms with Crippen LogP contribution in [0.3, 0.4) is 0 Å². The first-order valence-electron chi connectivity index (χ1n) is 8.12. The van der Waals surface area contributed by atoms with Crippen LogP contribution in [-0.4, -0.2) is 41.9 Å². The quantitative estimate of drug-likeness (QED) is 0.800. The maximum Gasteiger partial charge on any atom is 0.341 e. The Balaban J connectivity index is 1.96. The summed E-state index contributed by atoms with van der Waals surface area (Å²) < 4.78 is 12.2. The molecular formula is C18H21N3O4. The fraction of sp³-hybridized carbons (Fsp3) is 0.389. The normalized spacial score (nSPS) is 14.5. The molecule has 25 heavy (non-hydrogen) atoms. The number of esters is 1. The molecule has 2 heterocycles. The Morgan fingerprint density at radius 2 is 2.08 bits per heavy atom. The van der Waals surface area contributed by atoms with Gasteiger partial charge in [0.15, 0.2) is 5.75 Å². The van der Waals surface area contributed by atoms with Crippen molar-refractivity contribution in [2.45, 2.75) is 26.8 Å². The monoisotopic (exact) mass is 343 g/mol. The molecule has 2 aromatic rings. The van der Waals surface area contributed by atoms with E-state index in [4.69, 9.17) is 9.47 Å². The molecule has 0 spiro atoms. The maximum absolute atomic E-state index is 13.1. The molecule has 1 aliphatic heterocycles. The van der Waals surface area contributed by atoms with E-state index in [-0.39, 0.29) is 5.91 Å². The SMILES string of the molecule is COC(=O)c1cccc2c1OCCN2C(=O)C(C)n1nc(C)cc1C. The van der Waals surface area contributed by atoms with Gasteiger partial charge in [0.05, 0.1) is 25.0 Å². The second-order valence-corrected chi connectivity index (χ2v) is 6.03. The number of amides is 1. The van der Waals surface area contributed by atoms with Crippen LogP contribution in [0.15, 0.2) is 24.3 Å². The lowest BCUT2D eigenvalue weighted by Crippen LogP contribution is -2.42. The van der Waals surface area contributed by atoms with Crippen LogP contribution < -0.4 is 9.64 Å². The molecule has 1 aromatic carbocycles. The molecule has 1 atom stereocenters. The van der Waals surface area contributed by atoms with Crippen LogP contribution >= 0.6 is 0 Å². The van der Waals surface area contributed by atoms with Crippen LogP contribution in [0.4, 0.5) is 5.69 Å². The molecule has 7 heteroatoms. The molecule has 0 radical (unpaired) electrons. The van der Waals surface area contributed by atoms with Gasteiger partial charge in [0.1, 0.15) is 18.2 Å². The summed E-state index contributed by atoms with van der Waals surface area (Å²) in [5, 5.41) is 4.40. The molecule has 1 aliphatic rings. The highest BCUT2D eigenvalue weighted by atomic mass is 16.5. The minimum atomic E-state index is -0.488. The van der Waals surface area contributed by atoms with Gasteiger partial charge in [0.25, 0.3) is 5.91 Å². The minimum Gasteiger partial charge on any atom is -0.489 e. The average molecular weight is 343 g/mol. The molecule has 0 N–H and O–H groups in total. The van der Waals surface area contributed by atoms with Crippen LogP contribution in [0.2, 0.25) is 0 Å². The molecule has 7 nitrogen and oxygen atoms in total. The number of nitrogens with zero attached hydrogens (tertiary/aromatic N) is 3. The van der Waals surface area contributed by atoms with Gasteiger partial charge in [-0.2, -0.15) is 5.10 Å². The number of aryl methyl sites for hydroxylation is 2. The van der Waals surface area contributed by atoms with Crippen molar-refractivity contribution >= 4 is 17.6 Å². The van der Waals surface area contributed by atoms with Crippen LogP contribution in [0.1, 0.15) is 34.7 Å². The van der Waals surface area contributed by atoms with Gasteiger partial charge in [-0.1, -0.05) is 6.07 Å². The maximum atomic E-state index is 13.1. The highest BCUT2D eigenvalue weighted by Gasteiger charge is 2.31. The van der Waals surface area contributed by atoms with Crippen molar-refractivity contribution in [1.82, 2.24) is 9.78 Å². The molecule has 1 amide bonds. The summed E-state index contributed by atoms with van der Waals surface area (Å²) in [7, 11) is 1.32. The molecule has 3 rings (SSSR count). The van der Waals surface area contributed by atoms with Crippen molar-refractivity contribution in [3.8, 4) is 5.75 Å². The van der Waals surface area contributed by atoms with Gasteiger partial charge in [-0.3, -0.25) is 9.48 Å². The van der Waals surface area contributed by atoms with E-state index in [0.717, 1.165) is 11.4 Å². The summed E-state index contributed by atoms with van der Waals surface area (Å²) in [4.78, 5) is 26.7. The Hall–Kier alpha value is -2.83. The zero-order chi connectivity index (χ0) is 18.1. The van der Waals surface area contributed by atoms with Crippen molar-refractivity contribution in [1.29, 1.82) is 0 Å². The number of carbonyl (C=O) groups excluding carboxylic acids is 2. The summed E-state index contributed by atoms with van der Waals surface area (Å²) in [5.74, 6) is -0.204. The van der Waals surface area contributed by atoms with E-state index in [1.54, 1.807) is 27.8 Å². The first-order chi connectivity index (χ1) is 11.9. The molecule has 1 aromatic heterocycles. The van der Waals surface area contributed by atoms with Gasteiger partial charge >= 0.3 is 5.97 Å². The number of para-hydroxylation sites is 1. The lowest BCUT2D eigenvalue weighted by atomic mass is 10.1. The standard InChI is InChI=1S/C18H21N3O4/c1-11-10-12(2)21(19-11)13(3)17(22)20-8-9-25-16-14(18(23)24-4)6-5-7-15(16)20/h5-7,10,13H,8-9H2,1-4H3. The number of carbonyl (C=O) groups is 2.